The molecule has 0 heterocycles. The molecule has 1 aromatic rings. The van der Waals surface area contributed by atoms with E-state index in [2.05, 4.69) is 19.2 Å². The smallest absolute Gasteiger partial charge is 0.257 e. The first-order chi connectivity index (χ1) is 8.09. The Labute approximate surface area is 101 Å². The summed E-state index contributed by atoms with van der Waals surface area (Å²) in [5.41, 5.74) is 0. The average molecular weight is 239 g/mol. The van der Waals surface area contributed by atoms with Crippen LogP contribution in [-0.2, 0) is 4.79 Å². The second-order valence-corrected chi connectivity index (χ2v) is 4.25. The predicted molar refractivity (Wildman–Crippen MR) is 64.4 cm³/mol. The van der Waals surface area contributed by atoms with Crippen molar-refractivity contribution in [3.05, 3.63) is 30.1 Å². The summed E-state index contributed by atoms with van der Waals surface area (Å²) in [5.74, 6) is -0.0364. The number of rotatable bonds is 6. The highest BCUT2D eigenvalue weighted by atomic mass is 19.1. The maximum Gasteiger partial charge on any atom is 0.257 e. The molecule has 0 radical (unpaired) electrons. The predicted octanol–water partition coefficient (Wildman–Crippen LogP) is 2.37. The van der Waals surface area contributed by atoms with Gasteiger partial charge in [0.25, 0.3) is 5.91 Å². The van der Waals surface area contributed by atoms with Gasteiger partial charge < -0.3 is 10.1 Å². The molecule has 0 saturated carbocycles. The van der Waals surface area contributed by atoms with Crippen LogP contribution < -0.4 is 10.1 Å². The lowest BCUT2D eigenvalue weighted by molar-refractivity contribution is -0.123. The summed E-state index contributed by atoms with van der Waals surface area (Å²) < 4.78 is 18.2. The van der Waals surface area contributed by atoms with E-state index < -0.39 is 5.82 Å². The Balaban J connectivity index is 2.26. The summed E-state index contributed by atoms with van der Waals surface area (Å²) in [6.45, 7) is 4.64. The number of hydrogen-bond donors (Lipinski definition) is 1. The lowest BCUT2D eigenvalue weighted by atomic mass is 10.1. The van der Waals surface area contributed by atoms with E-state index in [4.69, 9.17) is 4.74 Å². The van der Waals surface area contributed by atoms with Crippen LogP contribution in [0.3, 0.4) is 0 Å². The van der Waals surface area contributed by atoms with Crippen molar-refractivity contribution < 1.29 is 13.9 Å². The van der Waals surface area contributed by atoms with E-state index in [1.807, 2.05) is 0 Å². The fourth-order valence-corrected chi connectivity index (χ4v) is 1.26. The van der Waals surface area contributed by atoms with Gasteiger partial charge in [-0.25, -0.2) is 4.39 Å². The van der Waals surface area contributed by atoms with E-state index >= 15 is 0 Å². The van der Waals surface area contributed by atoms with Crippen LogP contribution in [0, 0.1) is 11.7 Å². The zero-order valence-electron chi connectivity index (χ0n) is 10.2. The fraction of sp³-hybridized carbons (Fsp3) is 0.462. The van der Waals surface area contributed by atoms with Gasteiger partial charge in [0.15, 0.2) is 18.2 Å². The molecule has 0 unspecified atom stereocenters. The summed E-state index contributed by atoms with van der Waals surface area (Å²) in [5, 5.41) is 2.72. The Kier molecular flexibility index (Phi) is 5.46. The molecule has 3 nitrogen and oxygen atoms in total. The van der Waals surface area contributed by atoms with Crippen molar-refractivity contribution in [3.8, 4) is 5.75 Å². The Morgan fingerprint density at radius 3 is 2.76 bits per heavy atom. The quantitative estimate of drug-likeness (QED) is 0.827. The maximum absolute atomic E-state index is 13.1. The van der Waals surface area contributed by atoms with E-state index in [-0.39, 0.29) is 18.3 Å². The van der Waals surface area contributed by atoms with Crippen molar-refractivity contribution in [3.63, 3.8) is 0 Å². The number of ether oxygens (including phenoxy) is 1. The molecule has 0 aromatic heterocycles. The Hall–Kier alpha value is -1.58. The van der Waals surface area contributed by atoms with Crippen LogP contribution in [0.2, 0.25) is 0 Å². The summed E-state index contributed by atoms with van der Waals surface area (Å²) in [4.78, 5) is 11.4. The van der Waals surface area contributed by atoms with Crippen molar-refractivity contribution in [1.82, 2.24) is 5.32 Å². The zero-order valence-corrected chi connectivity index (χ0v) is 10.2. The van der Waals surface area contributed by atoms with Crippen molar-refractivity contribution in [2.75, 3.05) is 13.2 Å². The van der Waals surface area contributed by atoms with E-state index in [0.29, 0.717) is 12.5 Å². The highest BCUT2D eigenvalue weighted by molar-refractivity contribution is 5.77. The maximum atomic E-state index is 13.1. The monoisotopic (exact) mass is 239 g/mol. The molecule has 17 heavy (non-hydrogen) atoms. The largest absolute Gasteiger partial charge is 0.481 e. The standard InChI is InChI=1S/C13H18FNO2/c1-10(2)7-8-15-13(16)9-17-12-6-4-3-5-11(12)14/h3-6,10H,7-9H2,1-2H3,(H,15,16). The Bertz CT molecular complexity index is 366. The van der Waals surface area contributed by atoms with E-state index in [9.17, 15) is 9.18 Å². The molecule has 0 aliphatic heterocycles. The van der Waals surface area contributed by atoms with Gasteiger partial charge in [0, 0.05) is 6.54 Å². The molecule has 0 atom stereocenters. The van der Waals surface area contributed by atoms with Gasteiger partial charge in [-0.3, -0.25) is 4.79 Å². The summed E-state index contributed by atoms with van der Waals surface area (Å²) in [6, 6.07) is 6.03. The van der Waals surface area contributed by atoms with E-state index in [1.54, 1.807) is 12.1 Å². The SMILES string of the molecule is CC(C)CCNC(=O)COc1ccccc1F. The molecule has 1 N–H and O–H groups in total. The molecule has 4 heteroatoms. The molecule has 1 rings (SSSR count). The second kappa shape index (κ2) is 6.89. The van der Waals surface area contributed by atoms with Gasteiger partial charge in [0.2, 0.25) is 0 Å². The highest BCUT2D eigenvalue weighted by Gasteiger charge is 2.05. The number of para-hydroxylation sites is 1. The average Bonchev–Trinajstić information content (AvgIpc) is 2.27. The molecular weight excluding hydrogens is 221 g/mol. The van der Waals surface area contributed by atoms with Crippen LogP contribution >= 0.6 is 0 Å². The number of carbonyl (C=O) groups is 1. The van der Waals surface area contributed by atoms with E-state index in [0.717, 1.165) is 6.42 Å². The van der Waals surface area contributed by atoms with Crippen LogP contribution in [0.4, 0.5) is 4.39 Å². The van der Waals surface area contributed by atoms with Gasteiger partial charge in [-0.05, 0) is 24.5 Å². The van der Waals surface area contributed by atoms with Crippen LogP contribution in [0.1, 0.15) is 20.3 Å². The molecule has 94 valence electrons. The first-order valence-corrected chi connectivity index (χ1v) is 5.73. The van der Waals surface area contributed by atoms with Crippen molar-refractivity contribution in [2.45, 2.75) is 20.3 Å². The summed E-state index contributed by atoms with van der Waals surface area (Å²) in [7, 11) is 0. The molecule has 0 fully saturated rings. The first-order valence-electron chi connectivity index (χ1n) is 5.73. The van der Waals surface area contributed by atoms with E-state index in [1.165, 1.54) is 12.1 Å². The molecule has 1 amide bonds. The number of hydrogen-bond acceptors (Lipinski definition) is 2. The third-order valence-corrected chi connectivity index (χ3v) is 2.24. The Morgan fingerprint density at radius 2 is 2.12 bits per heavy atom. The lowest BCUT2D eigenvalue weighted by Gasteiger charge is -2.09. The third kappa shape index (κ3) is 5.33. The normalized spacial score (nSPS) is 10.4. The zero-order chi connectivity index (χ0) is 12.7. The fourth-order valence-electron chi connectivity index (χ4n) is 1.26. The number of carbonyl (C=O) groups excluding carboxylic acids is 1. The minimum Gasteiger partial charge on any atom is -0.481 e. The molecule has 0 bridgehead atoms. The van der Waals surface area contributed by atoms with Gasteiger partial charge >= 0.3 is 0 Å². The van der Waals surface area contributed by atoms with Crippen molar-refractivity contribution >= 4 is 5.91 Å². The number of benzene rings is 1. The molecule has 0 saturated heterocycles. The van der Waals surface area contributed by atoms with Crippen LogP contribution in [0.5, 0.6) is 5.75 Å². The minimum atomic E-state index is -0.456. The minimum absolute atomic E-state index is 0.103. The number of halogens is 1. The van der Waals surface area contributed by atoms with Crippen LogP contribution in [-0.4, -0.2) is 19.1 Å². The van der Waals surface area contributed by atoms with Gasteiger partial charge in [-0.1, -0.05) is 26.0 Å². The molecule has 1 aromatic carbocycles. The summed E-state index contributed by atoms with van der Waals surface area (Å²) in [6.07, 6.45) is 0.922. The topological polar surface area (TPSA) is 38.3 Å². The van der Waals surface area contributed by atoms with Crippen molar-refractivity contribution in [2.24, 2.45) is 5.92 Å². The highest BCUT2D eigenvalue weighted by Crippen LogP contribution is 2.14. The van der Waals surface area contributed by atoms with Crippen LogP contribution in [0.15, 0.2) is 24.3 Å². The van der Waals surface area contributed by atoms with Crippen molar-refractivity contribution in [1.29, 1.82) is 0 Å². The first kappa shape index (κ1) is 13.5. The number of nitrogens with one attached hydrogen (secondary N) is 1. The van der Waals surface area contributed by atoms with Gasteiger partial charge in [-0.15, -0.1) is 0 Å². The molecule has 0 spiro atoms. The Morgan fingerprint density at radius 1 is 1.41 bits per heavy atom. The molecular formula is C13H18FNO2. The summed E-state index contributed by atoms with van der Waals surface area (Å²) >= 11 is 0. The second-order valence-electron chi connectivity index (χ2n) is 4.25. The lowest BCUT2D eigenvalue weighted by Crippen LogP contribution is -2.30. The third-order valence-electron chi connectivity index (χ3n) is 2.24. The molecule has 0 aliphatic carbocycles. The van der Waals surface area contributed by atoms with Gasteiger partial charge in [0.05, 0.1) is 0 Å². The van der Waals surface area contributed by atoms with Crippen LogP contribution in [0.25, 0.3) is 0 Å². The number of amides is 1. The van der Waals surface area contributed by atoms with Gasteiger partial charge in [0.1, 0.15) is 0 Å². The van der Waals surface area contributed by atoms with Gasteiger partial charge in [-0.2, -0.15) is 0 Å². The molecule has 0 aliphatic rings.